The maximum absolute atomic E-state index is 13.1. The molecule has 2 aromatic carbocycles. The average Bonchev–Trinajstić information content (AvgIpc) is 3.04. The number of fused-ring (bicyclic) bond motifs is 1. The molecule has 0 aliphatic heterocycles. The van der Waals surface area contributed by atoms with E-state index in [1.807, 2.05) is 60.1 Å². The van der Waals surface area contributed by atoms with Gasteiger partial charge in [0.25, 0.3) is 5.82 Å². The second-order valence-electron chi connectivity index (χ2n) is 9.51. The van der Waals surface area contributed by atoms with Crippen LogP contribution in [0.15, 0.2) is 54.6 Å². The van der Waals surface area contributed by atoms with Crippen molar-refractivity contribution in [3.05, 3.63) is 60.4 Å². The number of aromatic nitrogens is 2. The van der Waals surface area contributed by atoms with E-state index in [0.717, 1.165) is 35.4 Å². The summed E-state index contributed by atoms with van der Waals surface area (Å²) in [5, 5.41) is 0. The number of esters is 1. The van der Waals surface area contributed by atoms with E-state index in [1.165, 1.54) is 6.42 Å². The highest BCUT2D eigenvalue weighted by Crippen LogP contribution is 2.35. The third-order valence-electron chi connectivity index (χ3n) is 6.88. The highest BCUT2D eigenvalue weighted by molar-refractivity contribution is 5.76. The number of hydrogen-bond acceptors (Lipinski definition) is 3. The van der Waals surface area contributed by atoms with Crippen LogP contribution in [0.5, 0.6) is 5.75 Å². The monoisotopic (exact) mass is 435 g/mol. The molecule has 0 N–H and O–H groups in total. The van der Waals surface area contributed by atoms with Gasteiger partial charge >= 0.3 is 5.97 Å². The Bertz CT molecular complexity index is 1060. The van der Waals surface area contributed by atoms with Crippen molar-refractivity contribution in [2.24, 2.45) is 24.8 Å². The molecule has 32 heavy (non-hydrogen) atoms. The number of aryl methyl sites for hydroxylation is 1. The molecule has 1 heterocycles. The van der Waals surface area contributed by atoms with Crippen molar-refractivity contribution in [2.75, 3.05) is 0 Å². The molecule has 1 aromatic heterocycles. The Morgan fingerprint density at radius 1 is 1.09 bits per heavy atom. The molecule has 5 nitrogen and oxygen atoms in total. The van der Waals surface area contributed by atoms with Crippen molar-refractivity contribution in [3.8, 4) is 5.75 Å². The number of para-hydroxylation sites is 3. The Hall–Kier alpha value is -2.82. The third-order valence-corrected chi connectivity index (χ3v) is 6.88. The molecule has 0 radical (unpaired) electrons. The van der Waals surface area contributed by atoms with Gasteiger partial charge in [0.2, 0.25) is 0 Å². The lowest BCUT2D eigenvalue weighted by atomic mass is 9.75. The standard InChI is InChI=1S/C27H35N2O3/c1-19(2)22-15-14-20(3)16-25(22)32-27(30)17-29-24-13-9-8-12-23(24)28(4)26(29)18-31-21-10-6-5-7-11-21/h5-13,19-20,22,25H,14-18H2,1-4H3/q+1/t20-,22-,25+/m1/s1. The van der Waals surface area contributed by atoms with Gasteiger partial charge < -0.3 is 9.47 Å². The molecule has 0 spiro atoms. The molecule has 170 valence electrons. The van der Waals surface area contributed by atoms with Crippen molar-refractivity contribution in [1.82, 2.24) is 4.57 Å². The van der Waals surface area contributed by atoms with Crippen LogP contribution < -0.4 is 9.30 Å². The fourth-order valence-electron chi connectivity index (χ4n) is 5.04. The number of carbonyl (C=O) groups is 1. The summed E-state index contributed by atoms with van der Waals surface area (Å²) in [5.74, 6) is 3.13. The SMILES string of the molecule is CC(C)[C@H]1CC[C@@H](C)C[C@@H]1OC(=O)Cn1c(COc2ccccc2)[n+](C)c2ccccc21. The zero-order valence-electron chi connectivity index (χ0n) is 19.7. The Kier molecular flexibility index (Phi) is 6.83. The summed E-state index contributed by atoms with van der Waals surface area (Å²) in [7, 11) is 2.02. The Labute approximate surface area is 191 Å². The first-order valence-electron chi connectivity index (χ1n) is 11.8. The van der Waals surface area contributed by atoms with Gasteiger partial charge in [-0.25, -0.2) is 13.9 Å². The van der Waals surface area contributed by atoms with Crippen LogP contribution in [-0.4, -0.2) is 16.6 Å². The number of benzene rings is 2. The minimum absolute atomic E-state index is 0.00541. The molecule has 3 atom stereocenters. The van der Waals surface area contributed by atoms with Crippen LogP contribution in [0.3, 0.4) is 0 Å². The summed E-state index contributed by atoms with van der Waals surface area (Å²) in [6.45, 7) is 7.29. The Morgan fingerprint density at radius 3 is 2.56 bits per heavy atom. The number of rotatable bonds is 7. The van der Waals surface area contributed by atoms with E-state index in [-0.39, 0.29) is 18.6 Å². The predicted molar refractivity (Wildman–Crippen MR) is 125 cm³/mol. The predicted octanol–water partition coefficient (Wildman–Crippen LogP) is 5.05. The summed E-state index contributed by atoms with van der Waals surface area (Å²) in [6.07, 6.45) is 3.31. The molecule has 1 fully saturated rings. The van der Waals surface area contributed by atoms with Gasteiger partial charge in [0, 0.05) is 0 Å². The van der Waals surface area contributed by atoms with Crippen LogP contribution in [-0.2, 0) is 29.7 Å². The summed E-state index contributed by atoms with van der Waals surface area (Å²) < 4.78 is 16.3. The van der Waals surface area contributed by atoms with Crippen LogP contribution in [0.2, 0.25) is 0 Å². The zero-order valence-corrected chi connectivity index (χ0v) is 19.7. The van der Waals surface area contributed by atoms with Gasteiger partial charge in [-0.05, 0) is 54.9 Å². The molecule has 0 unspecified atom stereocenters. The molecule has 0 amide bonds. The number of carbonyl (C=O) groups excluding carboxylic acids is 1. The quantitative estimate of drug-likeness (QED) is 0.385. The van der Waals surface area contributed by atoms with Gasteiger partial charge in [-0.3, -0.25) is 0 Å². The lowest BCUT2D eigenvalue weighted by Crippen LogP contribution is -2.37. The van der Waals surface area contributed by atoms with Crippen molar-refractivity contribution in [1.29, 1.82) is 0 Å². The lowest BCUT2D eigenvalue weighted by molar-refractivity contribution is -0.655. The van der Waals surface area contributed by atoms with Gasteiger partial charge in [-0.15, -0.1) is 0 Å². The molecular formula is C27H35N2O3+. The number of imidazole rings is 1. The Morgan fingerprint density at radius 2 is 1.81 bits per heavy atom. The molecule has 3 aromatic rings. The molecule has 1 saturated carbocycles. The van der Waals surface area contributed by atoms with Gasteiger partial charge in [0.1, 0.15) is 11.9 Å². The molecule has 0 saturated heterocycles. The van der Waals surface area contributed by atoms with Crippen LogP contribution >= 0.6 is 0 Å². The second-order valence-corrected chi connectivity index (χ2v) is 9.51. The summed E-state index contributed by atoms with van der Waals surface area (Å²) in [4.78, 5) is 13.1. The topological polar surface area (TPSA) is 44.3 Å². The third kappa shape index (κ3) is 4.82. The number of hydrogen-bond donors (Lipinski definition) is 0. The zero-order chi connectivity index (χ0) is 22.7. The molecule has 1 aliphatic rings. The van der Waals surface area contributed by atoms with E-state index in [4.69, 9.17) is 9.47 Å². The minimum atomic E-state index is -0.169. The maximum Gasteiger partial charge on any atom is 0.348 e. The van der Waals surface area contributed by atoms with E-state index in [2.05, 4.69) is 31.4 Å². The Balaban J connectivity index is 1.56. The summed E-state index contributed by atoms with van der Waals surface area (Å²) in [6, 6.07) is 17.9. The second kappa shape index (κ2) is 9.76. The first kappa shape index (κ1) is 22.4. The van der Waals surface area contributed by atoms with Gasteiger partial charge in [0.15, 0.2) is 24.2 Å². The van der Waals surface area contributed by atoms with Crippen LogP contribution in [0.4, 0.5) is 0 Å². The van der Waals surface area contributed by atoms with Crippen LogP contribution in [0, 0.1) is 17.8 Å². The molecule has 0 bridgehead atoms. The summed E-state index contributed by atoms with van der Waals surface area (Å²) >= 11 is 0. The maximum atomic E-state index is 13.1. The number of ether oxygens (including phenoxy) is 2. The normalized spacial score (nSPS) is 21.1. The first-order valence-corrected chi connectivity index (χ1v) is 11.8. The largest absolute Gasteiger partial charge is 0.481 e. The fraction of sp³-hybridized carbons (Fsp3) is 0.481. The highest BCUT2D eigenvalue weighted by atomic mass is 16.5. The van der Waals surface area contributed by atoms with Crippen LogP contribution in [0.25, 0.3) is 11.0 Å². The van der Waals surface area contributed by atoms with Crippen LogP contribution in [0.1, 0.15) is 45.9 Å². The molecular weight excluding hydrogens is 400 g/mol. The van der Waals surface area contributed by atoms with Gasteiger partial charge in [-0.2, -0.15) is 0 Å². The van der Waals surface area contributed by atoms with Gasteiger partial charge in [0.05, 0.1) is 7.05 Å². The molecule has 5 heteroatoms. The molecule has 4 rings (SSSR count). The highest BCUT2D eigenvalue weighted by Gasteiger charge is 2.34. The summed E-state index contributed by atoms with van der Waals surface area (Å²) in [5.41, 5.74) is 2.08. The van der Waals surface area contributed by atoms with Gasteiger partial charge in [-0.1, -0.05) is 57.5 Å². The van der Waals surface area contributed by atoms with E-state index in [9.17, 15) is 4.79 Å². The van der Waals surface area contributed by atoms with E-state index in [0.29, 0.717) is 24.4 Å². The van der Waals surface area contributed by atoms with Crippen molar-refractivity contribution >= 4 is 17.0 Å². The van der Waals surface area contributed by atoms with Crippen molar-refractivity contribution in [3.63, 3.8) is 0 Å². The van der Waals surface area contributed by atoms with Crippen molar-refractivity contribution < 1.29 is 18.8 Å². The van der Waals surface area contributed by atoms with Crippen molar-refractivity contribution in [2.45, 2.75) is 59.3 Å². The van der Waals surface area contributed by atoms with E-state index in [1.54, 1.807) is 0 Å². The average molecular weight is 436 g/mol. The fourth-order valence-corrected chi connectivity index (χ4v) is 5.04. The van der Waals surface area contributed by atoms with E-state index >= 15 is 0 Å². The molecule has 1 aliphatic carbocycles. The first-order chi connectivity index (χ1) is 15.4. The number of nitrogens with zero attached hydrogens (tertiary/aromatic N) is 2. The minimum Gasteiger partial charge on any atom is -0.481 e. The lowest BCUT2D eigenvalue weighted by Gasteiger charge is -2.36. The van der Waals surface area contributed by atoms with E-state index < -0.39 is 0 Å². The smallest absolute Gasteiger partial charge is 0.348 e.